The van der Waals surface area contributed by atoms with Crippen LogP contribution in [0, 0.1) is 0 Å². The summed E-state index contributed by atoms with van der Waals surface area (Å²) in [6.45, 7) is 2.71. The molecule has 1 amide bonds. The number of thioether (sulfide) groups is 1. The number of ether oxygens (including phenoxy) is 1. The maximum Gasteiger partial charge on any atom is 0.279 e. The first kappa shape index (κ1) is 22.1. The highest BCUT2D eigenvalue weighted by Gasteiger charge is 2.33. The fraction of sp³-hybridized carbons (Fsp3) is 0.320. The van der Waals surface area contributed by atoms with Crippen LogP contribution in [0.2, 0.25) is 0 Å². The summed E-state index contributed by atoms with van der Waals surface area (Å²) in [6, 6.07) is 17.7. The van der Waals surface area contributed by atoms with Crippen LogP contribution in [0.1, 0.15) is 48.8 Å². The Bertz CT molecular complexity index is 1160. The minimum Gasteiger partial charge on any atom is -0.493 e. The molecule has 32 heavy (non-hydrogen) atoms. The Morgan fingerprint density at radius 3 is 2.66 bits per heavy atom. The summed E-state index contributed by atoms with van der Waals surface area (Å²) in [4.78, 5) is 30.2. The van der Waals surface area contributed by atoms with Crippen LogP contribution in [-0.2, 0) is 17.6 Å². The van der Waals surface area contributed by atoms with Crippen molar-refractivity contribution in [2.75, 3.05) is 11.9 Å². The minimum absolute atomic E-state index is 0.119. The van der Waals surface area contributed by atoms with Gasteiger partial charge in [-0.3, -0.25) is 9.59 Å². The second-order valence-corrected chi connectivity index (χ2v) is 8.78. The number of para-hydroxylation sites is 1. The maximum atomic E-state index is 13.2. The molecule has 1 aromatic heterocycles. The average Bonchev–Trinajstić information content (AvgIpc) is 2.81. The number of hydrogen-bond acceptors (Lipinski definition) is 5. The van der Waals surface area contributed by atoms with E-state index in [1.807, 2.05) is 66.2 Å². The number of rotatable bonds is 8. The van der Waals surface area contributed by atoms with Gasteiger partial charge in [-0.25, -0.2) is 0 Å². The molecule has 2 heterocycles. The van der Waals surface area contributed by atoms with Gasteiger partial charge in [0.1, 0.15) is 11.6 Å². The van der Waals surface area contributed by atoms with Crippen LogP contribution >= 0.6 is 11.8 Å². The van der Waals surface area contributed by atoms with E-state index in [1.165, 1.54) is 11.8 Å². The summed E-state index contributed by atoms with van der Waals surface area (Å²) >= 11 is 1.48. The SMILES string of the molecule is CCCCOc1ccccc1C1CC(=O)Nc2c1c(=O)nc(SCc1ccccc1)n2C. The molecular weight excluding hydrogens is 422 g/mol. The van der Waals surface area contributed by atoms with Crippen molar-refractivity contribution in [3.8, 4) is 5.75 Å². The summed E-state index contributed by atoms with van der Waals surface area (Å²) < 4.78 is 7.81. The number of aromatic nitrogens is 2. The van der Waals surface area contributed by atoms with Crippen molar-refractivity contribution >= 4 is 23.5 Å². The lowest BCUT2D eigenvalue weighted by atomic mass is 9.86. The first-order chi connectivity index (χ1) is 15.6. The fourth-order valence-electron chi connectivity index (χ4n) is 3.88. The molecule has 1 aliphatic heterocycles. The highest BCUT2D eigenvalue weighted by Crippen LogP contribution is 2.39. The molecule has 7 heteroatoms. The van der Waals surface area contributed by atoms with Crippen molar-refractivity contribution in [1.29, 1.82) is 0 Å². The molecule has 0 aliphatic carbocycles. The molecular formula is C25H27N3O3S. The first-order valence-electron chi connectivity index (χ1n) is 10.9. The van der Waals surface area contributed by atoms with Gasteiger partial charge in [0.05, 0.1) is 12.2 Å². The highest BCUT2D eigenvalue weighted by molar-refractivity contribution is 7.98. The molecule has 4 rings (SSSR count). The van der Waals surface area contributed by atoms with E-state index >= 15 is 0 Å². The van der Waals surface area contributed by atoms with Crippen LogP contribution in [-0.4, -0.2) is 22.1 Å². The predicted molar refractivity (Wildman–Crippen MR) is 127 cm³/mol. The van der Waals surface area contributed by atoms with Gasteiger partial charge in [0.25, 0.3) is 5.56 Å². The van der Waals surface area contributed by atoms with Gasteiger partial charge in [0, 0.05) is 30.7 Å². The third-order valence-electron chi connectivity index (χ3n) is 5.56. The summed E-state index contributed by atoms with van der Waals surface area (Å²) in [7, 11) is 1.84. The standard InChI is InChI=1S/C25H27N3O3S/c1-3-4-14-31-20-13-9-8-12-18(20)19-15-21(29)26-23-22(19)24(30)27-25(28(23)2)32-16-17-10-6-5-7-11-17/h5-13,19H,3-4,14-16H2,1-2H3,(H,26,29). The molecule has 1 unspecified atom stereocenters. The smallest absolute Gasteiger partial charge is 0.279 e. The molecule has 0 bridgehead atoms. The Kier molecular flexibility index (Phi) is 6.95. The number of nitrogens with zero attached hydrogens (tertiary/aromatic N) is 2. The van der Waals surface area contributed by atoms with E-state index in [0.29, 0.717) is 28.9 Å². The quantitative estimate of drug-likeness (QED) is 0.306. The van der Waals surface area contributed by atoms with Gasteiger partial charge in [-0.2, -0.15) is 4.98 Å². The average molecular weight is 450 g/mol. The van der Waals surface area contributed by atoms with E-state index in [-0.39, 0.29) is 17.9 Å². The van der Waals surface area contributed by atoms with Crippen molar-refractivity contribution in [2.45, 2.75) is 43.0 Å². The fourth-order valence-corrected chi connectivity index (χ4v) is 4.80. The van der Waals surface area contributed by atoms with E-state index in [9.17, 15) is 9.59 Å². The van der Waals surface area contributed by atoms with E-state index in [0.717, 1.165) is 29.7 Å². The van der Waals surface area contributed by atoms with Gasteiger partial charge in [0.15, 0.2) is 5.16 Å². The molecule has 0 spiro atoms. The lowest BCUT2D eigenvalue weighted by molar-refractivity contribution is -0.116. The number of anilines is 1. The number of carbonyl (C=O) groups is 1. The molecule has 0 saturated heterocycles. The van der Waals surface area contributed by atoms with E-state index in [2.05, 4.69) is 17.2 Å². The predicted octanol–water partition coefficient (Wildman–Crippen LogP) is 4.73. The van der Waals surface area contributed by atoms with E-state index < -0.39 is 5.92 Å². The normalized spacial score (nSPS) is 15.2. The van der Waals surface area contributed by atoms with Gasteiger partial charge in [-0.05, 0) is 18.1 Å². The Morgan fingerprint density at radius 1 is 1.12 bits per heavy atom. The van der Waals surface area contributed by atoms with Crippen molar-refractivity contribution in [1.82, 2.24) is 9.55 Å². The molecule has 0 saturated carbocycles. The topological polar surface area (TPSA) is 73.2 Å². The van der Waals surface area contributed by atoms with Gasteiger partial charge in [-0.15, -0.1) is 0 Å². The van der Waals surface area contributed by atoms with Crippen LogP contribution in [0.3, 0.4) is 0 Å². The Hall–Kier alpha value is -3.06. The maximum absolute atomic E-state index is 13.2. The Labute approximate surface area is 192 Å². The number of nitrogens with one attached hydrogen (secondary N) is 1. The third-order valence-corrected chi connectivity index (χ3v) is 6.66. The van der Waals surface area contributed by atoms with E-state index in [1.54, 1.807) is 0 Å². The van der Waals surface area contributed by atoms with Crippen LogP contribution < -0.4 is 15.6 Å². The van der Waals surface area contributed by atoms with Crippen LogP contribution in [0.5, 0.6) is 5.75 Å². The van der Waals surface area contributed by atoms with Crippen LogP contribution in [0.4, 0.5) is 5.82 Å². The molecule has 0 fully saturated rings. The van der Waals surface area contributed by atoms with Crippen molar-refractivity contribution < 1.29 is 9.53 Å². The molecule has 2 aromatic carbocycles. The molecule has 0 radical (unpaired) electrons. The second-order valence-electron chi connectivity index (χ2n) is 7.84. The highest BCUT2D eigenvalue weighted by atomic mass is 32.2. The first-order valence-corrected chi connectivity index (χ1v) is 11.9. The van der Waals surface area contributed by atoms with E-state index in [4.69, 9.17) is 4.74 Å². The van der Waals surface area contributed by atoms with Crippen LogP contribution in [0.25, 0.3) is 0 Å². The molecule has 1 N–H and O–H groups in total. The summed E-state index contributed by atoms with van der Waals surface area (Å²) in [5.41, 5.74) is 2.21. The number of carbonyl (C=O) groups excluding carboxylic acids is 1. The second kappa shape index (κ2) is 10.0. The monoisotopic (exact) mass is 449 g/mol. The lowest BCUT2D eigenvalue weighted by Crippen LogP contribution is -2.33. The summed E-state index contributed by atoms with van der Waals surface area (Å²) in [6.07, 6.45) is 2.17. The van der Waals surface area contributed by atoms with Gasteiger partial charge >= 0.3 is 0 Å². The van der Waals surface area contributed by atoms with Gasteiger partial charge in [-0.1, -0.05) is 73.6 Å². The number of benzene rings is 2. The Morgan fingerprint density at radius 2 is 1.88 bits per heavy atom. The van der Waals surface area contributed by atoms with Gasteiger partial charge in [0.2, 0.25) is 5.91 Å². The Balaban J connectivity index is 1.70. The lowest BCUT2D eigenvalue weighted by Gasteiger charge is -2.28. The number of hydrogen-bond donors (Lipinski definition) is 1. The zero-order valence-electron chi connectivity index (χ0n) is 18.3. The largest absolute Gasteiger partial charge is 0.493 e. The molecule has 1 atom stereocenters. The van der Waals surface area contributed by atoms with Crippen molar-refractivity contribution in [2.24, 2.45) is 7.05 Å². The number of unbranched alkanes of at least 4 members (excludes halogenated alkanes) is 1. The zero-order valence-corrected chi connectivity index (χ0v) is 19.2. The summed E-state index contributed by atoms with van der Waals surface area (Å²) in [5.74, 6) is 1.41. The number of amides is 1. The zero-order chi connectivity index (χ0) is 22.5. The molecule has 1 aliphatic rings. The number of fused-ring (bicyclic) bond motifs is 1. The summed E-state index contributed by atoms with van der Waals surface area (Å²) in [5, 5.41) is 3.48. The van der Waals surface area contributed by atoms with Crippen molar-refractivity contribution in [3.05, 3.63) is 81.6 Å². The van der Waals surface area contributed by atoms with Gasteiger partial charge < -0.3 is 14.6 Å². The van der Waals surface area contributed by atoms with Crippen LogP contribution in [0.15, 0.2) is 64.5 Å². The molecule has 3 aromatic rings. The molecule has 6 nitrogen and oxygen atoms in total. The van der Waals surface area contributed by atoms with Crippen molar-refractivity contribution in [3.63, 3.8) is 0 Å². The third kappa shape index (κ3) is 4.72. The minimum atomic E-state index is -0.393. The molecule has 166 valence electrons.